The lowest BCUT2D eigenvalue weighted by Crippen LogP contribution is -2.34. The fourth-order valence-corrected chi connectivity index (χ4v) is 6.52. The molecule has 1 aromatic rings. The normalized spacial score (nSPS) is 31.5. The van der Waals surface area contributed by atoms with E-state index in [2.05, 4.69) is 31.2 Å². The molecule has 166 valence electrons. The highest BCUT2D eigenvalue weighted by molar-refractivity contribution is 5.38. The molecule has 5 unspecified atom stereocenters. The Bertz CT molecular complexity index is 724. The van der Waals surface area contributed by atoms with Gasteiger partial charge in [0.15, 0.2) is 0 Å². The van der Waals surface area contributed by atoms with Gasteiger partial charge >= 0.3 is 0 Å². The highest BCUT2D eigenvalue weighted by atomic mass is 19.1. The number of halogens is 1. The summed E-state index contributed by atoms with van der Waals surface area (Å²) in [5.74, 6) is 2.90. The van der Waals surface area contributed by atoms with Crippen molar-refractivity contribution >= 4 is 0 Å². The number of allylic oxidation sites excluding steroid dienone is 1. The number of fused-ring (bicyclic) bond motifs is 2. The van der Waals surface area contributed by atoms with Crippen LogP contribution in [0, 0.1) is 23.6 Å². The summed E-state index contributed by atoms with van der Waals surface area (Å²) in [6.45, 7) is 5.06. The van der Waals surface area contributed by atoms with Gasteiger partial charge in [-0.15, -0.1) is 0 Å². The van der Waals surface area contributed by atoms with E-state index in [4.69, 9.17) is 4.74 Å². The van der Waals surface area contributed by atoms with Crippen molar-refractivity contribution < 1.29 is 9.13 Å². The average molecular weight is 413 g/mol. The standard InChI is InChI=1S/C28H41FO/c1-3-5-7-20-8-14-26-23(17-20)12-15-27(28(26)29)24-10-9-22-19-25(30-16-6-4-2)13-11-21(22)18-24/h4,6,12,15,20-22,24-25H,3,5,7-11,13-14,16-19H2,1-2H3/b6-4+. The molecule has 0 bridgehead atoms. The van der Waals surface area contributed by atoms with Crippen LogP contribution in [0.4, 0.5) is 4.39 Å². The van der Waals surface area contributed by atoms with Crippen LogP contribution >= 0.6 is 0 Å². The molecule has 1 nitrogen and oxygen atoms in total. The maximum atomic E-state index is 15.6. The lowest BCUT2D eigenvalue weighted by Gasteiger charge is -2.42. The quantitative estimate of drug-likeness (QED) is 0.416. The Morgan fingerprint density at radius 2 is 1.90 bits per heavy atom. The summed E-state index contributed by atoms with van der Waals surface area (Å²) in [7, 11) is 0. The van der Waals surface area contributed by atoms with Gasteiger partial charge in [0.2, 0.25) is 0 Å². The van der Waals surface area contributed by atoms with Crippen LogP contribution in [-0.4, -0.2) is 12.7 Å². The number of rotatable bonds is 7. The highest BCUT2D eigenvalue weighted by Gasteiger charge is 2.37. The Morgan fingerprint density at radius 1 is 1.07 bits per heavy atom. The first kappa shape index (κ1) is 22.1. The smallest absolute Gasteiger partial charge is 0.130 e. The molecular formula is C28H41FO. The molecular weight excluding hydrogens is 371 g/mol. The molecule has 2 heteroatoms. The van der Waals surface area contributed by atoms with E-state index in [1.54, 1.807) is 0 Å². The monoisotopic (exact) mass is 412 g/mol. The average Bonchev–Trinajstić information content (AvgIpc) is 2.78. The van der Waals surface area contributed by atoms with E-state index in [0.29, 0.717) is 12.0 Å². The number of hydrogen-bond donors (Lipinski definition) is 0. The van der Waals surface area contributed by atoms with Crippen molar-refractivity contribution in [2.75, 3.05) is 6.61 Å². The molecule has 0 aromatic heterocycles. The predicted molar refractivity (Wildman–Crippen MR) is 123 cm³/mol. The second kappa shape index (κ2) is 10.4. The van der Waals surface area contributed by atoms with Crippen LogP contribution in [0.1, 0.15) is 101 Å². The summed E-state index contributed by atoms with van der Waals surface area (Å²) in [5.41, 5.74) is 3.39. The van der Waals surface area contributed by atoms with E-state index in [0.717, 1.165) is 54.7 Å². The Kier molecular flexibility index (Phi) is 7.68. The van der Waals surface area contributed by atoms with Gasteiger partial charge in [0, 0.05) is 0 Å². The van der Waals surface area contributed by atoms with Gasteiger partial charge < -0.3 is 4.74 Å². The Hall–Kier alpha value is -1.15. The Labute approximate surface area is 183 Å². The van der Waals surface area contributed by atoms with E-state index in [-0.39, 0.29) is 5.82 Å². The van der Waals surface area contributed by atoms with Crippen LogP contribution in [0.25, 0.3) is 0 Å². The van der Waals surface area contributed by atoms with Gasteiger partial charge in [-0.1, -0.05) is 50.5 Å². The molecule has 2 fully saturated rings. The minimum atomic E-state index is 0.160. The van der Waals surface area contributed by atoms with E-state index >= 15 is 4.39 Å². The maximum absolute atomic E-state index is 15.6. The number of benzene rings is 1. The lowest BCUT2D eigenvalue weighted by atomic mass is 9.65. The van der Waals surface area contributed by atoms with Gasteiger partial charge in [0.05, 0.1) is 12.7 Å². The van der Waals surface area contributed by atoms with E-state index < -0.39 is 0 Å². The van der Waals surface area contributed by atoms with Crippen LogP contribution in [0.5, 0.6) is 0 Å². The molecule has 0 aliphatic heterocycles. The summed E-state index contributed by atoms with van der Waals surface area (Å²) >= 11 is 0. The minimum Gasteiger partial charge on any atom is -0.374 e. The first-order valence-corrected chi connectivity index (χ1v) is 12.7. The van der Waals surface area contributed by atoms with Crippen molar-refractivity contribution in [3.63, 3.8) is 0 Å². The predicted octanol–water partition coefficient (Wildman–Crippen LogP) is 7.77. The van der Waals surface area contributed by atoms with Gasteiger partial charge in [0.1, 0.15) is 5.82 Å². The SMILES string of the molecule is C/C=C/COC1CCC2CC(c3ccc4c(c3F)CCC(CCCC)C4)CCC2C1. The molecule has 4 rings (SSSR count). The molecule has 0 N–H and O–H groups in total. The maximum Gasteiger partial charge on any atom is 0.130 e. The summed E-state index contributed by atoms with van der Waals surface area (Å²) in [4.78, 5) is 0. The largest absolute Gasteiger partial charge is 0.374 e. The molecule has 0 spiro atoms. The minimum absolute atomic E-state index is 0.160. The summed E-state index contributed by atoms with van der Waals surface area (Å²) in [5, 5.41) is 0. The van der Waals surface area contributed by atoms with Gasteiger partial charge in [-0.2, -0.15) is 0 Å². The van der Waals surface area contributed by atoms with E-state index in [1.165, 1.54) is 63.4 Å². The molecule has 0 radical (unpaired) electrons. The molecule has 0 heterocycles. The van der Waals surface area contributed by atoms with Crippen LogP contribution in [0.3, 0.4) is 0 Å². The van der Waals surface area contributed by atoms with Gasteiger partial charge in [0.25, 0.3) is 0 Å². The highest BCUT2D eigenvalue weighted by Crippen LogP contribution is 2.47. The van der Waals surface area contributed by atoms with Gasteiger partial charge in [-0.05, 0) is 105 Å². The van der Waals surface area contributed by atoms with Crippen molar-refractivity contribution in [1.29, 1.82) is 0 Å². The van der Waals surface area contributed by atoms with Crippen molar-refractivity contribution in [1.82, 2.24) is 0 Å². The number of unbranched alkanes of at least 4 members (excludes halogenated alkanes) is 1. The van der Waals surface area contributed by atoms with Crippen molar-refractivity contribution in [3.8, 4) is 0 Å². The van der Waals surface area contributed by atoms with E-state index in [1.807, 2.05) is 6.92 Å². The Morgan fingerprint density at radius 3 is 2.73 bits per heavy atom. The van der Waals surface area contributed by atoms with Gasteiger partial charge in [-0.25, -0.2) is 4.39 Å². The van der Waals surface area contributed by atoms with Crippen molar-refractivity contribution in [2.24, 2.45) is 17.8 Å². The first-order valence-electron chi connectivity index (χ1n) is 12.7. The Balaban J connectivity index is 1.37. The zero-order valence-electron chi connectivity index (χ0n) is 19.2. The molecule has 3 aliphatic rings. The lowest BCUT2D eigenvalue weighted by molar-refractivity contribution is -0.00335. The second-order valence-electron chi connectivity index (χ2n) is 10.2. The summed E-state index contributed by atoms with van der Waals surface area (Å²) in [6.07, 6.45) is 18.9. The summed E-state index contributed by atoms with van der Waals surface area (Å²) < 4.78 is 21.6. The molecule has 5 atom stereocenters. The fraction of sp³-hybridized carbons (Fsp3) is 0.714. The molecule has 1 aromatic carbocycles. The van der Waals surface area contributed by atoms with Crippen LogP contribution < -0.4 is 0 Å². The third kappa shape index (κ3) is 5.01. The fourth-order valence-electron chi connectivity index (χ4n) is 6.52. The zero-order valence-corrected chi connectivity index (χ0v) is 19.2. The first-order chi connectivity index (χ1) is 14.7. The number of hydrogen-bond acceptors (Lipinski definition) is 1. The molecule has 30 heavy (non-hydrogen) atoms. The topological polar surface area (TPSA) is 9.23 Å². The van der Waals surface area contributed by atoms with Crippen molar-refractivity contribution in [2.45, 2.75) is 103 Å². The second-order valence-corrected chi connectivity index (χ2v) is 10.2. The third-order valence-corrected chi connectivity index (χ3v) is 8.32. The molecule has 0 amide bonds. The van der Waals surface area contributed by atoms with Crippen LogP contribution in [-0.2, 0) is 17.6 Å². The van der Waals surface area contributed by atoms with Crippen LogP contribution in [0.15, 0.2) is 24.3 Å². The zero-order chi connectivity index (χ0) is 20.9. The summed E-state index contributed by atoms with van der Waals surface area (Å²) in [6, 6.07) is 4.44. The number of ether oxygens (including phenoxy) is 1. The van der Waals surface area contributed by atoms with E-state index in [9.17, 15) is 0 Å². The molecule has 3 aliphatic carbocycles. The van der Waals surface area contributed by atoms with Crippen LogP contribution in [0.2, 0.25) is 0 Å². The molecule has 0 saturated heterocycles. The third-order valence-electron chi connectivity index (χ3n) is 8.32. The van der Waals surface area contributed by atoms with Gasteiger partial charge in [-0.3, -0.25) is 0 Å². The molecule has 2 saturated carbocycles. The van der Waals surface area contributed by atoms with Crippen molar-refractivity contribution in [3.05, 3.63) is 46.8 Å².